The summed E-state index contributed by atoms with van der Waals surface area (Å²) in [7, 11) is -4.19. The van der Waals surface area contributed by atoms with Gasteiger partial charge < -0.3 is 5.11 Å². The van der Waals surface area contributed by atoms with Crippen molar-refractivity contribution in [3.05, 3.63) is 29.8 Å². The quantitative estimate of drug-likeness (QED) is 0.877. The molecule has 23 heavy (non-hydrogen) atoms. The van der Waals surface area contributed by atoms with Crippen LogP contribution in [0, 0.1) is 17.6 Å². The number of halogens is 2. The molecule has 1 aliphatic rings. The number of hydrogen-bond donors (Lipinski definition) is 2. The Balaban J connectivity index is 2.26. The lowest BCUT2D eigenvalue weighted by Gasteiger charge is -2.27. The Morgan fingerprint density at radius 1 is 1.04 bits per heavy atom. The molecule has 1 aliphatic carbocycles. The predicted octanol–water partition coefficient (Wildman–Crippen LogP) is 2.67. The van der Waals surface area contributed by atoms with Crippen molar-refractivity contribution in [1.29, 1.82) is 0 Å². The maximum atomic E-state index is 13.2. The van der Waals surface area contributed by atoms with Gasteiger partial charge in [0, 0.05) is 12.1 Å². The molecular formula is C15H19F2NO4S. The summed E-state index contributed by atoms with van der Waals surface area (Å²) in [5.74, 6) is -3.91. The van der Waals surface area contributed by atoms with E-state index >= 15 is 0 Å². The van der Waals surface area contributed by atoms with Crippen LogP contribution in [0.25, 0.3) is 0 Å². The van der Waals surface area contributed by atoms with E-state index in [1.54, 1.807) is 0 Å². The van der Waals surface area contributed by atoms with Gasteiger partial charge >= 0.3 is 5.97 Å². The second-order valence-electron chi connectivity index (χ2n) is 5.77. The van der Waals surface area contributed by atoms with Gasteiger partial charge in [-0.15, -0.1) is 0 Å². The van der Waals surface area contributed by atoms with Crippen molar-refractivity contribution in [1.82, 2.24) is 4.72 Å². The van der Waals surface area contributed by atoms with Crippen molar-refractivity contribution < 1.29 is 27.1 Å². The molecule has 2 rings (SSSR count). The number of sulfonamides is 1. The summed E-state index contributed by atoms with van der Waals surface area (Å²) in [5, 5.41) is 9.33. The molecule has 0 radical (unpaired) electrons. The number of aliphatic carboxylic acids is 1. The van der Waals surface area contributed by atoms with Gasteiger partial charge in [0.15, 0.2) is 0 Å². The summed E-state index contributed by atoms with van der Waals surface area (Å²) in [6.07, 6.45) is 3.99. The Labute approximate surface area is 133 Å². The van der Waals surface area contributed by atoms with Gasteiger partial charge in [-0.25, -0.2) is 21.9 Å². The fourth-order valence-electron chi connectivity index (χ4n) is 2.87. The summed E-state index contributed by atoms with van der Waals surface area (Å²) in [5.41, 5.74) is 0. The van der Waals surface area contributed by atoms with Crippen LogP contribution in [0.15, 0.2) is 23.1 Å². The summed E-state index contributed by atoms with van der Waals surface area (Å²) < 4.78 is 53.5. The van der Waals surface area contributed by atoms with Gasteiger partial charge in [-0.2, -0.15) is 0 Å². The highest BCUT2D eigenvalue weighted by molar-refractivity contribution is 7.89. The highest BCUT2D eigenvalue weighted by Gasteiger charge is 2.32. The average molecular weight is 347 g/mol. The standard InChI is InChI=1S/C15H19F2NO4S/c16-10-7-11(17)9-12(8-10)23(21,22)18-14-6-4-2-1-3-5-13(14)15(19)20/h7-9,13-14,18H,1-6H2,(H,19,20). The van der Waals surface area contributed by atoms with Gasteiger partial charge in [0.25, 0.3) is 0 Å². The fourth-order valence-corrected chi connectivity index (χ4v) is 4.22. The topological polar surface area (TPSA) is 83.5 Å². The van der Waals surface area contributed by atoms with Crippen molar-refractivity contribution in [3.8, 4) is 0 Å². The molecule has 1 aromatic rings. The van der Waals surface area contributed by atoms with E-state index in [-0.39, 0.29) is 0 Å². The SMILES string of the molecule is O=C(O)C1CCCCCCC1NS(=O)(=O)c1cc(F)cc(F)c1. The van der Waals surface area contributed by atoms with Crippen LogP contribution in [-0.2, 0) is 14.8 Å². The van der Waals surface area contributed by atoms with Crippen LogP contribution in [0.2, 0.25) is 0 Å². The van der Waals surface area contributed by atoms with Crippen LogP contribution < -0.4 is 4.72 Å². The lowest BCUT2D eigenvalue weighted by Crippen LogP contribution is -2.43. The molecule has 0 spiro atoms. The minimum absolute atomic E-state index is 0.375. The van der Waals surface area contributed by atoms with Crippen LogP contribution in [0.3, 0.4) is 0 Å². The largest absolute Gasteiger partial charge is 0.481 e. The minimum atomic E-state index is -4.19. The first kappa shape index (κ1) is 17.8. The molecule has 128 valence electrons. The number of benzene rings is 1. The lowest BCUT2D eigenvalue weighted by atomic mass is 9.87. The molecule has 1 aromatic carbocycles. The van der Waals surface area contributed by atoms with E-state index in [2.05, 4.69) is 4.72 Å². The zero-order valence-corrected chi connectivity index (χ0v) is 13.3. The molecule has 0 aliphatic heterocycles. The molecular weight excluding hydrogens is 328 g/mol. The fraction of sp³-hybridized carbons (Fsp3) is 0.533. The molecule has 1 saturated carbocycles. The van der Waals surface area contributed by atoms with Crippen LogP contribution in [0.1, 0.15) is 38.5 Å². The van der Waals surface area contributed by atoms with Gasteiger partial charge in [-0.1, -0.05) is 25.7 Å². The Bertz CT molecular complexity index is 658. The second kappa shape index (κ2) is 7.35. The lowest BCUT2D eigenvalue weighted by molar-refractivity contribution is -0.143. The molecule has 0 heterocycles. The molecule has 0 bridgehead atoms. The maximum absolute atomic E-state index is 13.2. The molecule has 2 atom stereocenters. The van der Waals surface area contributed by atoms with Gasteiger partial charge in [0.05, 0.1) is 10.8 Å². The van der Waals surface area contributed by atoms with Crippen molar-refractivity contribution in [2.24, 2.45) is 5.92 Å². The third-order valence-corrected chi connectivity index (χ3v) is 5.51. The average Bonchev–Trinajstić information content (AvgIpc) is 2.40. The predicted molar refractivity (Wildman–Crippen MR) is 79.3 cm³/mol. The van der Waals surface area contributed by atoms with Crippen LogP contribution in [-0.4, -0.2) is 25.5 Å². The molecule has 0 amide bonds. The summed E-state index contributed by atoms with van der Waals surface area (Å²) in [6.45, 7) is 0. The van der Waals surface area contributed by atoms with Gasteiger partial charge in [0.1, 0.15) is 11.6 Å². The van der Waals surface area contributed by atoms with Crippen LogP contribution in [0.4, 0.5) is 8.78 Å². The molecule has 5 nitrogen and oxygen atoms in total. The van der Waals surface area contributed by atoms with Gasteiger partial charge in [-0.05, 0) is 25.0 Å². The van der Waals surface area contributed by atoms with Crippen molar-refractivity contribution in [2.45, 2.75) is 49.5 Å². The molecule has 0 saturated heterocycles. The first-order valence-electron chi connectivity index (χ1n) is 7.51. The van der Waals surface area contributed by atoms with E-state index in [4.69, 9.17) is 0 Å². The molecule has 8 heteroatoms. The van der Waals surface area contributed by atoms with Crippen LogP contribution in [0.5, 0.6) is 0 Å². The highest BCUT2D eigenvalue weighted by atomic mass is 32.2. The Morgan fingerprint density at radius 3 is 2.17 bits per heavy atom. The van der Waals surface area contributed by atoms with Crippen molar-refractivity contribution >= 4 is 16.0 Å². The normalized spacial score (nSPS) is 23.0. The Morgan fingerprint density at radius 2 is 1.61 bits per heavy atom. The van der Waals surface area contributed by atoms with E-state index in [0.717, 1.165) is 12.8 Å². The minimum Gasteiger partial charge on any atom is -0.481 e. The van der Waals surface area contributed by atoms with E-state index in [1.807, 2.05) is 0 Å². The van der Waals surface area contributed by atoms with Gasteiger partial charge in [-0.3, -0.25) is 4.79 Å². The number of nitrogens with one attached hydrogen (secondary N) is 1. The van der Waals surface area contributed by atoms with Crippen molar-refractivity contribution in [2.75, 3.05) is 0 Å². The second-order valence-corrected chi connectivity index (χ2v) is 7.48. The molecule has 0 aromatic heterocycles. The summed E-state index contributed by atoms with van der Waals surface area (Å²) in [4.78, 5) is 10.9. The first-order chi connectivity index (χ1) is 10.8. The van der Waals surface area contributed by atoms with Gasteiger partial charge in [0.2, 0.25) is 10.0 Å². The number of carboxylic acids is 1. The van der Waals surface area contributed by atoms with E-state index in [0.29, 0.717) is 43.9 Å². The molecule has 1 fully saturated rings. The summed E-state index contributed by atoms with van der Waals surface area (Å²) in [6, 6.07) is 1.22. The Hall–Kier alpha value is -1.54. The maximum Gasteiger partial charge on any atom is 0.308 e. The zero-order valence-electron chi connectivity index (χ0n) is 12.5. The van der Waals surface area contributed by atoms with Crippen LogP contribution >= 0.6 is 0 Å². The number of hydrogen-bond acceptors (Lipinski definition) is 3. The monoisotopic (exact) mass is 347 g/mol. The van der Waals surface area contributed by atoms with E-state index in [1.165, 1.54) is 0 Å². The zero-order chi connectivity index (χ0) is 17.0. The number of rotatable bonds is 4. The first-order valence-corrected chi connectivity index (χ1v) is 8.99. The highest BCUT2D eigenvalue weighted by Crippen LogP contribution is 2.25. The third kappa shape index (κ3) is 4.71. The molecule has 2 unspecified atom stereocenters. The van der Waals surface area contributed by atoms with E-state index < -0.39 is 44.5 Å². The smallest absolute Gasteiger partial charge is 0.308 e. The Kier molecular flexibility index (Phi) is 5.69. The number of carboxylic acid groups (broad SMARTS) is 1. The third-order valence-electron chi connectivity index (χ3n) is 4.04. The molecule has 2 N–H and O–H groups in total. The summed E-state index contributed by atoms with van der Waals surface area (Å²) >= 11 is 0. The number of carbonyl (C=O) groups is 1. The van der Waals surface area contributed by atoms with Crippen molar-refractivity contribution in [3.63, 3.8) is 0 Å². The van der Waals surface area contributed by atoms with E-state index in [9.17, 15) is 27.1 Å².